The van der Waals surface area contributed by atoms with Gasteiger partial charge in [0.05, 0.1) is 0 Å². The number of halogens is 2. The Kier molecular flexibility index (Phi) is 5.49. The number of imidazole rings is 1. The van der Waals surface area contributed by atoms with Gasteiger partial charge in [-0.25, -0.2) is 4.98 Å². The van der Waals surface area contributed by atoms with Crippen LogP contribution >= 0.6 is 22.6 Å². The number of nitrogen functional groups attached to an aromatic ring is 1. The van der Waals surface area contributed by atoms with E-state index >= 15 is 0 Å². The van der Waals surface area contributed by atoms with E-state index in [0.717, 1.165) is 33.5 Å². The number of fused-ring (bicyclic) bond motifs is 2. The van der Waals surface area contributed by atoms with Crippen molar-refractivity contribution in [2.75, 3.05) is 19.1 Å². The van der Waals surface area contributed by atoms with Crippen LogP contribution in [-0.2, 0) is 13.0 Å². The highest BCUT2D eigenvalue weighted by atomic mass is 127. The zero-order valence-electron chi connectivity index (χ0n) is 15.0. The van der Waals surface area contributed by atoms with E-state index in [1.165, 1.54) is 0 Å². The molecule has 0 radical (unpaired) electrons. The van der Waals surface area contributed by atoms with Gasteiger partial charge in [0.25, 0.3) is 0 Å². The van der Waals surface area contributed by atoms with E-state index in [2.05, 4.69) is 37.5 Å². The molecule has 0 amide bonds. The van der Waals surface area contributed by atoms with Crippen molar-refractivity contribution in [1.29, 1.82) is 0 Å². The summed E-state index contributed by atoms with van der Waals surface area (Å²) in [6.45, 7) is 0.961. The Hall–Kier alpha value is -2.21. The van der Waals surface area contributed by atoms with Crippen molar-refractivity contribution in [2.24, 2.45) is 0 Å². The van der Waals surface area contributed by atoms with Crippen molar-refractivity contribution in [3.8, 4) is 11.5 Å². The van der Waals surface area contributed by atoms with Crippen LogP contribution in [0.25, 0.3) is 11.2 Å². The summed E-state index contributed by atoms with van der Waals surface area (Å²) in [7, 11) is 0. The minimum Gasteiger partial charge on any atom is -0.454 e. The highest BCUT2D eigenvalue weighted by Gasteiger charge is 2.20. The Bertz CT molecular complexity index is 1030. The number of aliphatic hydroxyl groups is 1. The summed E-state index contributed by atoms with van der Waals surface area (Å²) in [5, 5.41) is 9.00. The van der Waals surface area contributed by atoms with Crippen molar-refractivity contribution >= 4 is 39.6 Å². The topological polar surface area (TPSA) is 108 Å². The predicted molar refractivity (Wildman–Crippen MR) is 109 cm³/mol. The lowest BCUT2D eigenvalue weighted by atomic mass is 10.1. The standard InChI is InChI=1S/C18H19FIN5O3/c19-18-23-16(21)15-17(24-18)25(4-2-1-3-5-26)14(22-15)7-10-6-12-13(8-11(10)20)28-9-27-12/h6,8,26H,1-5,7,9H2,(H2,21,23,24). The number of ether oxygens (including phenoxy) is 2. The number of aromatic nitrogens is 4. The van der Waals surface area contributed by atoms with Crippen molar-refractivity contribution < 1.29 is 19.0 Å². The molecule has 4 rings (SSSR count). The number of unbranched alkanes of at least 4 members (excludes halogenated alkanes) is 2. The molecule has 8 nitrogen and oxygen atoms in total. The van der Waals surface area contributed by atoms with Crippen molar-refractivity contribution in [3.05, 3.63) is 33.2 Å². The summed E-state index contributed by atoms with van der Waals surface area (Å²) in [5.74, 6) is 2.18. The van der Waals surface area contributed by atoms with Gasteiger partial charge < -0.3 is 24.9 Å². The molecule has 3 heterocycles. The second-order valence-corrected chi connectivity index (χ2v) is 7.65. The monoisotopic (exact) mass is 499 g/mol. The van der Waals surface area contributed by atoms with Crippen LogP contribution in [0.2, 0.25) is 0 Å². The fourth-order valence-corrected chi connectivity index (χ4v) is 3.86. The molecule has 1 aromatic carbocycles. The quantitative estimate of drug-likeness (QED) is 0.292. The predicted octanol–water partition coefficient (Wildman–Crippen LogP) is 2.63. The largest absolute Gasteiger partial charge is 0.454 e. The van der Waals surface area contributed by atoms with Crippen LogP contribution in [0.3, 0.4) is 0 Å². The second-order valence-electron chi connectivity index (χ2n) is 6.49. The highest BCUT2D eigenvalue weighted by molar-refractivity contribution is 14.1. The first-order chi connectivity index (χ1) is 13.6. The zero-order chi connectivity index (χ0) is 19.7. The van der Waals surface area contributed by atoms with E-state index in [1.54, 1.807) is 0 Å². The molecule has 0 fully saturated rings. The van der Waals surface area contributed by atoms with Crippen LogP contribution in [0.1, 0.15) is 30.7 Å². The molecular formula is C18H19FIN5O3. The Morgan fingerprint density at radius 3 is 2.71 bits per heavy atom. The molecule has 0 bridgehead atoms. The number of benzene rings is 1. The van der Waals surface area contributed by atoms with Gasteiger partial charge in [-0.05, 0) is 59.5 Å². The lowest BCUT2D eigenvalue weighted by Gasteiger charge is -2.10. The van der Waals surface area contributed by atoms with Gasteiger partial charge in [-0.15, -0.1) is 0 Å². The van der Waals surface area contributed by atoms with E-state index in [1.807, 2.05) is 16.7 Å². The zero-order valence-corrected chi connectivity index (χ0v) is 17.1. The molecule has 1 aliphatic heterocycles. The first kappa shape index (κ1) is 19.1. The molecule has 28 heavy (non-hydrogen) atoms. The molecule has 0 spiro atoms. The normalized spacial score (nSPS) is 12.8. The Labute approximate surface area is 174 Å². The molecule has 10 heteroatoms. The molecule has 3 N–H and O–H groups in total. The summed E-state index contributed by atoms with van der Waals surface area (Å²) in [6, 6.07) is 3.87. The van der Waals surface area contributed by atoms with Crippen LogP contribution in [0, 0.1) is 9.65 Å². The van der Waals surface area contributed by atoms with E-state index in [-0.39, 0.29) is 19.2 Å². The molecule has 3 aromatic rings. The third kappa shape index (κ3) is 3.70. The molecule has 0 atom stereocenters. The number of nitrogens with zero attached hydrogens (tertiary/aromatic N) is 4. The fourth-order valence-electron chi connectivity index (χ4n) is 3.23. The molecule has 1 aliphatic rings. The maximum Gasteiger partial charge on any atom is 0.312 e. The maximum absolute atomic E-state index is 13.8. The van der Waals surface area contributed by atoms with Crippen LogP contribution in [0.5, 0.6) is 11.5 Å². The molecule has 0 aliphatic carbocycles. The number of hydrogen-bond acceptors (Lipinski definition) is 7. The van der Waals surface area contributed by atoms with E-state index in [4.69, 9.17) is 20.3 Å². The number of aryl methyl sites for hydroxylation is 1. The van der Waals surface area contributed by atoms with E-state index in [9.17, 15) is 4.39 Å². The fraction of sp³-hybridized carbons (Fsp3) is 0.389. The first-order valence-electron chi connectivity index (χ1n) is 8.94. The summed E-state index contributed by atoms with van der Waals surface area (Å²) in [5.41, 5.74) is 7.68. The Morgan fingerprint density at radius 2 is 1.93 bits per heavy atom. The number of aliphatic hydroxyl groups excluding tert-OH is 1. The van der Waals surface area contributed by atoms with Gasteiger partial charge in [-0.2, -0.15) is 14.4 Å². The maximum atomic E-state index is 13.8. The molecule has 148 valence electrons. The van der Waals surface area contributed by atoms with Gasteiger partial charge in [0.1, 0.15) is 5.82 Å². The van der Waals surface area contributed by atoms with Gasteiger partial charge in [0, 0.05) is 23.1 Å². The second kappa shape index (κ2) is 8.03. The number of anilines is 1. The summed E-state index contributed by atoms with van der Waals surface area (Å²) >= 11 is 2.25. The molecule has 0 saturated heterocycles. The smallest absolute Gasteiger partial charge is 0.312 e. The van der Waals surface area contributed by atoms with Crippen LogP contribution < -0.4 is 15.2 Å². The van der Waals surface area contributed by atoms with E-state index in [0.29, 0.717) is 36.3 Å². The minimum absolute atomic E-state index is 0.0261. The van der Waals surface area contributed by atoms with Gasteiger partial charge in [0.2, 0.25) is 6.79 Å². The number of hydrogen-bond donors (Lipinski definition) is 2. The van der Waals surface area contributed by atoms with Crippen LogP contribution in [-0.4, -0.2) is 38.0 Å². The summed E-state index contributed by atoms with van der Waals surface area (Å²) in [4.78, 5) is 12.1. The summed E-state index contributed by atoms with van der Waals surface area (Å²) < 4.78 is 27.6. The Balaban J connectivity index is 1.72. The van der Waals surface area contributed by atoms with Gasteiger partial charge in [-0.1, -0.05) is 0 Å². The average molecular weight is 499 g/mol. The highest BCUT2D eigenvalue weighted by Crippen LogP contribution is 2.36. The van der Waals surface area contributed by atoms with Gasteiger partial charge in [-0.3, -0.25) is 0 Å². The summed E-state index contributed by atoms with van der Waals surface area (Å²) in [6.07, 6.45) is 2.01. The number of rotatable bonds is 7. The third-order valence-electron chi connectivity index (χ3n) is 4.60. The first-order valence-corrected chi connectivity index (χ1v) is 10.0. The number of nitrogens with two attached hydrogens (primary N) is 1. The molecule has 0 unspecified atom stereocenters. The molecular weight excluding hydrogens is 480 g/mol. The average Bonchev–Trinajstić information content (AvgIpc) is 3.24. The minimum atomic E-state index is -0.870. The third-order valence-corrected chi connectivity index (χ3v) is 5.61. The lowest BCUT2D eigenvalue weighted by molar-refractivity contribution is 0.174. The Morgan fingerprint density at radius 1 is 1.14 bits per heavy atom. The molecule has 0 saturated carbocycles. The molecule has 2 aromatic heterocycles. The van der Waals surface area contributed by atoms with Crippen LogP contribution in [0.15, 0.2) is 12.1 Å². The van der Waals surface area contributed by atoms with Crippen molar-refractivity contribution in [3.63, 3.8) is 0 Å². The lowest BCUT2D eigenvalue weighted by Crippen LogP contribution is -2.07. The van der Waals surface area contributed by atoms with E-state index < -0.39 is 6.08 Å². The van der Waals surface area contributed by atoms with Gasteiger partial charge >= 0.3 is 6.08 Å². The van der Waals surface area contributed by atoms with Crippen molar-refractivity contribution in [2.45, 2.75) is 32.2 Å². The van der Waals surface area contributed by atoms with Gasteiger partial charge in [0.15, 0.2) is 28.5 Å². The van der Waals surface area contributed by atoms with Crippen molar-refractivity contribution in [1.82, 2.24) is 19.5 Å². The SMILES string of the molecule is Nc1nc(F)nc2c1nc(Cc1cc3c(cc1I)OCO3)n2CCCCCO. The van der Waals surface area contributed by atoms with Crippen LogP contribution in [0.4, 0.5) is 10.2 Å².